The maximum absolute atomic E-state index is 12.7. The monoisotopic (exact) mass is 404 g/mol. The molecule has 1 heterocycles. The third-order valence-corrected chi connectivity index (χ3v) is 6.37. The lowest BCUT2D eigenvalue weighted by Gasteiger charge is -2.25. The second-order valence-corrected chi connectivity index (χ2v) is 8.75. The van der Waals surface area contributed by atoms with Gasteiger partial charge in [-0.05, 0) is 48.3 Å². The summed E-state index contributed by atoms with van der Waals surface area (Å²) in [5.41, 5.74) is 1.87. The molecule has 0 aromatic heterocycles. The van der Waals surface area contributed by atoms with Crippen LogP contribution in [0.5, 0.6) is 0 Å². The second kappa shape index (κ2) is 9.36. The summed E-state index contributed by atoms with van der Waals surface area (Å²) >= 11 is 1.74. The van der Waals surface area contributed by atoms with Gasteiger partial charge in [0, 0.05) is 50.1 Å². The molecule has 1 fully saturated rings. The number of carbonyl (C=O) groups is 1. The zero-order valence-corrected chi connectivity index (χ0v) is 17.1. The summed E-state index contributed by atoms with van der Waals surface area (Å²) in [6.07, 6.45) is 1.59. The quantitative estimate of drug-likeness (QED) is 0.725. The van der Waals surface area contributed by atoms with Crippen LogP contribution in [0, 0.1) is 0 Å². The van der Waals surface area contributed by atoms with E-state index in [1.165, 1.54) is 0 Å². The molecule has 1 aliphatic rings. The van der Waals surface area contributed by atoms with Gasteiger partial charge in [0.05, 0.1) is 11.3 Å². The van der Waals surface area contributed by atoms with Crippen molar-refractivity contribution in [3.63, 3.8) is 0 Å². The first kappa shape index (κ1) is 19.9. The molecule has 2 aromatic rings. The maximum atomic E-state index is 12.7. The Morgan fingerprint density at radius 3 is 2.48 bits per heavy atom. The van der Waals surface area contributed by atoms with Gasteiger partial charge in [0.2, 0.25) is 0 Å². The molecule has 2 N–H and O–H groups in total. The summed E-state index contributed by atoms with van der Waals surface area (Å²) in [4.78, 5) is 13.9. The Bertz CT molecular complexity index is 808. The lowest BCUT2D eigenvalue weighted by atomic mass is 10.1. The van der Waals surface area contributed by atoms with Crippen molar-refractivity contribution >= 4 is 40.2 Å². The van der Waals surface area contributed by atoms with E-state index in [0.717, 1.165) is 36.8 Å². The van der Waals surface area contributed by atoms with E-state index in [2.05, 4.69) is 14.9 Å². The topological polar surface area (TPSA) is 64.7 Å². The van der Waals surface area contributed by atoms with Crippen LogP contribution in [-0.4, -0.2) is 53.9 Å². The highest BCUT2D eigenvalue weighted by atomic mass is 32.2. The van der Waals surface area contributed by atoms with Crippen molar-refractivity contribution in [3.05, 3.63) is 54.1 Å². The first-order valence-electron chi connectivity index (χ1n) is 8.76. The van der Waals surface area contributed by atoms with Gasteiger partial charge in [-0.25, -0.2) is 8.51 Å². The van der Waals surface area contributed by atoms with Crippen LogP contribution in [0.4, 0.5) is 11.4 Å². The third-order valence-electron chi connectivity index (χ3n) is 4.30. The molecule has 1 aliphatic heterocycles. The van der Waals surface area contributed by atoms with Gasteiger partial charge in [0.15, 0.2) is 0 Å². The number of amides is 1. The SMILES string of the molecule is CN(c1ccccc1C(=O)Nc1ccc(SN2CCNCC2)cc1)S(C)=O. The van der Waals surface area contributed by atoms with Crippen LogP contribution in [0.1, 0.15) is 10.4 Å². The second-order valence-electron chi connectivity index (χ2n) is 6.19. The Morgan fingerprint density at radius 2 is 1.81 bits per heavy atom. The van der Waals surface area contributed by atoms with Gasteiger partial charge < -0.3 is 10.6 Å². The molecule has 1 amide bonds. The summed E-state index contributed by atoms with van der Waals surface area (Å²) in [6, 6.07) is 15.0. The number of rotatable bonds is 6. The van der Waals surface area contributed by atoms with E-state index in [0.29, 0.717) is 11.3 Å². The summed E-state index contributed by atoms with van der Waals surface area (Å²) in [7, 11) is 0.512. The number of carbonyl (C=O) groups excluding carboxylic acids is 1. The van der Waals surface area contributed by atoms with E-state index in [-0.39, 0.29) is 5.91 Å². The molecule has 2 aromatic carbocycles. The number of anilines is 2. The molecule has 1 atom stereocenters. The molecule has 1 unspecified atom stereocenters. The van der Waals surface area contributed by atoms with Crippen LogP contribution in [-0.2, 0) is 11.0 Å². The summed E-state index contributed by atoms with van der Waals surface area (Å²) in [5, 5.41) is 6.27. The Balaban J connectivity index is 1.67. The zero-order chi connectivity index (χ0) is 19.2. The van der Waals surface area contributed by atoms with E-state index in [1.807, 2.05) is 30.3 Å². The average molecular weight is 405 g/mol. The average Bonchev–Trinajstić information content (AvgIpc) is 2.69. The Hall–Kier alpha value is -1.87. The highest BCUT2D eigenvalue weighted by Gasteiger charge is 2.16. The number of piperazine rings is 1. The number of nitrogens with zero attached hydrogens (tertiary/aromatic N) is 2. The van der Waals surface area contributed by atoms with Crippen LogP contribution < -0.4 is 14.9 Å². The van der Waals surface area contributed by atoms with Gasteiger partial charge >= 0.3 is 0 Å². The molecular weight excluding hydrogens is 380 g/mol. The molecule has 0 aliphatic carbocycles. The van der Waals surface area contributed by atoms with Crippen molar-refractivity contribution in [2.45, 2.75) is 4.90 Å². The molecule has 0 spiro atoms. The first-order valence-corrected chi connectivity index (χ1v) is 11.0. The van der Waals surface area contributed by atoms with Gasteiger partial charge in [-0.15, -0.1) is 0 Å². The predicted molar refractivity (Wildman–Crippen MR) is 114 cm³/mol. The molecule has 0 radical (unpaired) electrons. The number of hydrogen-bond acceptors (Lipinski definition) is 5. The molecule has 6 nitrogen and oxygen atoms in total. The van der Waals surface area contributed by atoms with Crippen LogP contribution in [0.25, 0.3) is 0 Å². The fourth-order valence-corrected chi connectivity index (χ4v) is 4.12. The molecule has 0 bridgehead atoms. The van der Waals surface area contributed by atoms with Crippen LogP contribution in [0.2, 0.25) is 0 Å². The number of nitrogens with one attached hydrogen (secondary N) is 2. The fourth-order valence-electron chi connectivity index (χ4n) is 2.76. The van der Waals surface area contributed by atoms with Gasteiger partial charge in [-0.2, -0.15) is 0 Å². The van der Waals surface area contributed by atoms with Crippen molar-refractivity contribution in [2.24, 2.45) is 0 Å². The summed E-state index contributed by atoms with van der Waals surface area (Å²) in [6.45, 7) is 4.06. The van der Waals surface area contributed by atoms with Crippen LogP contribution in [0.15, 0.2) is 53.4 Å². The van der Waals surface area contributed by atoms with Crippen molar-refractivity contribution in [2.75, 3.05) is 49.1 Å². The van der Waals surface area contributed by atoms with Crippen LogP contribution >= 0.6 is 11.9 Å². The Morgan fingerprint density at radius 1 is 1.15 bits per heavy atom. The van der Waals surface area contributed by atoms with Gasteiger partial charge in [0.25, 0.3) is 5.91 Å². The van der Waals surface area contributed by atoms with Crippen molar-refractivity contribution in [1.29, 1.82) is 0 Å². The van der Waals surface area contributed by atoms with Crippen molar-refractivity contribution in [1.82, 2.24) is 9.62 Å². The van der Waals surface area contributed by atoms with E-state index in [1.54, 1.807) is 47.8 Å². The molecule has 1 saturated heterocycles. The van der Waals surface area contributed by atoms with E-state index in [4.69, 9.17) is 0 Å². The number of benzene rings is 2. The third kappa shape index (κ3) is 5.32. The molecule has 3 rings (SSSR count). The van der Waals surface area contributed by atoms with Gasteiger partial charge in [-0.1, -0.05) is 12.1 Å². The molecule has 27 heavy (non-hydrogen) atoms. The standard InChI is InChI=1S/C19H24N4O2S2/c1-22(27(2)25)18-6-4-3-5-17(18)19(24)21-15-7-9-16(10-8-15)26-23-13-11-20-12-14-23/h3-10,20H,11-14H2,1-2H3,(H,21,24). The minimum atomic E-state index is -1.20. The minimum Gasteiger partial charge on any atom is -0.322 e. The van der Waals surface area contributed by atoms with Gasteiger partial charge in [0.1, 0.15) is 11.0 Å². The number of para-hydroxylation sites is 1. The summed E-state index contributed by atoms with van der Waals surface area (Å²) in [5.74, 6) is -0.217. The van der Waals surface area contributed by atoms with Gasteiger partial charge in [-0.3, -0.25) is 9.10 Å². The Kier molecular flexibility index (Phi) is 6.89. The van der Waals surface area contributed by atoms with Crippen molar-refractivity contribution in [3.8, 4) is 0 Å². The predicted octanol–water partition coefficient (Wildman–Crippen LogP) is 2.58. The largest absolute Gasteiger partial charge is 0.322 e. The lowest BCUT2D eigenvalue weighted by Crippen LogP contribution is -2.39. The van der Waals surface area contributed by atoms with E-state index in [9.17, 15) is 9.00 Å². The normalized spacial score (nSPS) is 15.9. The highest BCUT2D eigenvalue weighted by molar-refractivity contribution is 7.97. The van der Waals surface area contributed by atoms with Crippen molar-refractivity contribution < 1.29 is 9.00 Å². The molecule has 0 saturated carbocycles. The van der Waals surface area contributed by atoms with Crippen LogP contribution in [0.3, 0.4) is 0 Å². The molecule has 8 heteroatoms. The molecular formula is C19H24N4O2S2. The van der Waals surface area contributed by atoms with E-state index < -0.39 is 11.0 Å². The maximum Gasteiger partial charge on any atom is 0.257 e. The zero-order valence-electron chi connectivity index (χ0n) is 15.5. The first-order chi connectivity index (χ1) is 13.0. The minimum absolute atomic E-state index is 0.217. The highest BCUT2D eigenvalue weighted by Crippen LogP contribution is 2.25. The van der Waals surface area contributed by atoms with E-state index >= 15 is 0 Å². The lowest BCUT2D eigenvalue weighted by molar-refractivity contribution is 0.102. The number of hydrogen-bond donors (Lipinski definition) is 2. The fraction of sp³-hybridized carbons (Fsp3) is 0.316. The summed E-state index contributed by atoms with van der Waals surface area (Å²) < 4.78 is 15.7. The Labute approximate surface area is 167 Å². The smallest absolute Gasteiger partial charge is 0.257 e. The molecule has 144 valence electrons.